The second-order valence-electron chi connectivity index (χ2n) is 3.96. The van der Waals surface area contributed by atoms with Gasteiger partial charge in [-0.2, -0.15) is 0 Å². The van der Waals surface area contributed by atoms with Gasteiger partial charge in [-0.3, -0.25) is 28.8 Å². The van der Waals surface area contributed by atoms with Crippen LogP contribution in [0.15, 0.2) is 0 Å². The van der Waals surface area contributed by atoms with E-state index in [0.29, 0.717) is 0 Å². The third kappa shape index (κ3) is 1.71. The van der Waals surface area contributed by atoms with Crippen LogP contribution in [0.1, 0.15) is 0 Å². The van der Waals surface area contributed by atoms with Gasteiger partial charge in [-0.25, -0.2) is 0 Å². The number of carbonyl (C=O) groups is 6. The molecule has 2 unspecified atom stereocenters. The van der Waals surface area contributed by atoms with E-state index in [2.05, 4.69) is 10.6 Å². The van der Waals surface area contributed by atoms with Crippen molar-refractivity contribution in [3.63, 3.8) is 0 Å². The third-order valence-corrected chi connectivity index (χ3v) is 2.81. The Morgan fingerprint density at radius 2 is 1.11 bits per heavy atom. The van der Waals surface area contributed by atoms with Crippen molar-refractivity contribution in [2.75, 3.05) is 13.1 Å². The zero-order valence-electron chi connectivity index (χ0n) is 9.02. The molecule has 2 heterocycles. The molecule has 0 spiro atoms. The predicted molar refractivity (Wildman–Crippen MR) is 53.0 cm³/mol. The Kier molecular flexibility index (Phi) is 2.77. The normalized spacial score (nSPS) is 27.1. The molecule has 8 nitrogen and oxygen atoms in total. The molecule has 18 heavy (non-hydrogen) atoms. The molecule has 2 amide bonds. The summed E-state index contributed by atoms with van der Waals surface area (Å²) >= 11 is 0. The van der Waals surface area contributed by atoms with Crippen LogP contribution in [-0.2, 0) is 28.8 Å². The molecule has 94 valence electrons. The van der Waals surface area contributed by atoms with Crippen molar-refractivity contribution in [1.82, 2.24) is 10.6 Å². The minimum absolute atomic E-state index is 0.326. The molecule has 0 bridgehead atoms. The van der Waals surface area contributed by atoms with E-state index in [1.807, 2.05) is 0 Å². The van der Waals surface area contributed by atoms with Crippen molar-refractivity contribution in [3.05, 3.63) is 0 Å². The molecule has 8 heteroatoms. The number of Topliss-reactive ketones (excluding diaryl/α,β-unsaturated/α-hetero) is 4. The predicted octanol–water partition coefficient (Wildman–Crippen LogP) is -3.25. The first kappa shape index (κ1) is 12.1. The first-order valence-corrected chi connectivity index (χ1v) is 5.12. The minimum atomic E-state index is -1.72. The maximum Gasteiger partial charge on any atom is 0.239 e. The van der Waals surface area contributed by atoms with Crippen molar-refractivity contribution >= 4 is 34.9 Å². The van der Waals surface area contributed by atoms with Gasteiger partial charge in [0.1, 0.15) is 0 Å². The Labute approximate surface area is 100 Å². The van der Waals surface area contributed by atoms with E-state index in [9.17, 15) is 28.8 Å². The first-order chi connectivity index (χ1) is 8.43. The number of carbonyl (C=O) groups excluding carboxylic acids is 6. The summed E-state index contributed by atoms with van der Waals surface area (Å²) in [6.07, 6.45) is 0. The summed E-state index contributed by atoms with van der Waals surface area (Å²) < 4.78 is 0. The topological polar surface area (TPSA) is 126 Å². The molecule has 0 aromatic carbocycles. The van der Waals surface area contributed by atoms with Gasteiger partial charge in [0.15, 0.2) is 23.4 Å². The summed E-state index contributed by atoms with van der Waals surface area (Å²) in [7, 11) is 0. The van der Waals surface area contributed by atoms with Gasteiger partial charge in [0.05, 0.1) is 13.1 Å². The summed E-state index contributed by atoms with van der Waals surface area (Å²) in [6, 6.07) is 0. The largest absolute Gasteiger partial charge is 0.348 e. The lowest BCUT2D eigenvalue weighted by atomic mass is 9.90. The molecule has 0 aromatic heterocycles. The lowest BCUT2D eigenvalue weighted by Crippen LogP contribution is -2.40. The zero-order chi connectivity index (χ0) is 13.4. The fourth-order valence-corrected chi connectivity index (χ4v) is 1.86. The molecule has 2 aliphatic rings. The van der Waals surface area contributed by atoms with E-state index in [4.69, 9.17) is 0 Å². The Morgan fingerprint density at radius 1 is 0.778 bits per heavy atom. The molecule has 2 fully saturated rings. The van der Waals surface area contributed by atoms with Crippen LogP contribution in [0.4, 0.5) is 0 Å². The molecule has 2 rings (SSSR count). The Bertz CT molecular complexity index is 430. The molecule has 2 atom stereocenters. The number of hydrogen-bond acceptors (Lipinski definition) is 6. The van der Waals surface area contributed by atoms with E-state index in [0.717, 1.165) is 0 Å². The van der Waals surface area contributed by atoms with Crippen molar-refractivity contribution in [1.29, 1.82) is 0 Å². The van der Waals surface area contributed by atoms with Crippen molar-refractivity contribution in [3.8, 4) is 0 Å². The molecule has 2 aliphatic heterocycles. The van der Waals surface area contributed by atoms with Gasteiger partial charge >= 0.3 is 0 Å². The van der Waals surface area contributed by atoms with Crippen molar-refractivity contribution in [2.24, 2.45) is 11.8 Å². The lowest BCUT2D eigenvalue weighted by molar-refractivity contribution is -0.149. The van der Waals surface area contributed by atoms with Gasteiger partial charge in [-0.15, -0.1) is 0 Å². The molecular weight excluding hydrogens is 244 g/mol. The second kappa shape index (κ2) is 4.13. The summed E-state index contributed by atoms with van der Waals surface area (Å²) in [6.45, 7) is -0.652. The van der Waals surface area contributed by atoms with Crippen LogP contribution in [0.3, 0.4) is 0 Å². The van der Waals surface area contributed by atoms with Gasteiger partial charge in [0.25, 0.3) is 0 Å². The van der Waals surface area contributed by atoms with Gasteiger partial charge in [-0.1, -0.05) is 0 Å². The highest BCUT2D eigenvalue weighted by atomic mass is 16.2. The van der Waals surface area contributed by atoms with Gasteiger partial charge < -0.3 is 10.6 Å². The first-order valence-electron chi connectivity index (χ1n) is 5.12. The van der Waals surface area contributed by atoms with Crippen molar-refractivity contribution in [2.45, 2.75) is 0 Å². The number of ketones is 4. The maximum atomic E-state index is 11.7. The highest BCUT2D eigenvalue weighted by molar-refractivity contribution is 6.53. The average molecular weight is 252 g/mol. The maximum absolute atomic E-state index is 11.7. The van der Waals surface area contributed by atoms with Gasteiger partial charge in [0, 0.05) is 0 Å². The average Bonchev–Trinajstić information content (AvgIpc) is 2.81. The Hall–Kier alpha value is -2.38. The molecular formula is C10H8N2O6. The van der Waals surface area contributed by atoms with E-state index in [1.165, 1.54) is 0 Å². The number of rotatable bonds is 3. The monoisotopic (exact) mass is 252 g/mol. The fraction of sp³-hybridized carbons (Fsp3) is 0.400. The van der Waals surface area contributed by atoms with E-state index in [-0.39, 0.29) is 13.1 Å². The SMILES string of the molecule is O=C1CNC(=O)C1C(=O)C(=O)C1C(=O)CNC1=O. The molecule has 0 aliphatic carbocycles. The lowest BCUT2D eigenvalue weighted by Gasteiger charge is -2.06. The van der Waals surface area contributed by atoms with Crippen LogP contribution in [-0.4, -0.2) is 48.0 Å². The minimum Gasteiger partial charge on any atom is -0.348 e. The van der Waals surface area contributed by atoms with Crippen LogP contribution in [0, 0.1) is 11.8 Å². The summed E-state index contributed by atoms with van der Waals surface area (Å²) in [5.74, 6) is -9.25. The van der Waals surface area contributed by atoms with E-state index >= 15 is 0 Å². The zero-order valence-corrected chi connectivity index (χ0v) is 9.02. The highest BCUT2D eigenvalue weighted by Crippen LogP contribution is 2.14. The summed E-state index contributed by atoms with van der Waals surface area (Å²) in [4.78, 5) is 68.3. The Morgan fingerprint density at radius 3 is 1.33 bits per heavy atom. The van der Waals surface area contributed by atoms with E-state index in [1.54, 1.807) is 0 Å². The second-order valence-corrected chi connectivity index (χ2v) is 3.96. The van der Waals surface area contributed by atoms with E-state index < -0.39 is 46.8 Å². The standard InChI is InChI=1S/C10H8N2O6/c13-3-1-11-9(17)5(3)7(15)8(16)6-4(14)2-12-10(6)18/h5-6H,1-2H2,(H,11,17)(H,12,18). The highest BCUT2D eigenvalue weighted by Gasteiger charge is 2.48. The smallest absolute Gasteiger partial charge is 0.239 e. The van der Waals surface area contributed by atoms with Crippen LogP contribution in [0.5, 0.6) is 0 Å². The molecule has 2 N–H and O–H groups in total. The van der Waals surface area contributed by atoms with Crippen LogP contribution in [0.2, 0.25) is 0 Å². The van der Waals surface area contributed by atoms with Crippen molar-refractivity contribution < 1.29 is 28.8 Å². The number of amides is 2. The summed E-state index contributed by atoms with van der Waals surface area (Å²) in [5.41, 5.74) is 0. The molecule has 0 radical (unpaired) electrons. The number of hydrogen-bond donors (Lipinski definition) is 2. The van der Waals surface area contributed by atoms with Gasteiger partial charge in [-0.05, 0) is 0 Å². The van der Waals surface area contributed by atoms with Crippen LogP contribution < -0.4 is 10.6 Å². The molecule has 0 saturated carbocycles. The quantitative estimate of drug-likeness (QED) is 0.401. The summed E-state index contributed by atoms with van der Waals surface area (Å²) in [5, 5.41) is 4.24. The molecule has 0 aromatic rings. The third-order valence-electron chi connectivity index (χ3n) is 2.81. The van der Waals surface area contributed by atoms with Crippen LogP contribution >= 0.6 is 0 Å². The molecule has 2 saturated heterocycles. The van der Waals surface area contributed by atoms with Crippen LogP contribution in [0.25, 0.3) is 0 Å². The Balaban J connectivity index is 2.21. The number of nitrogens with one attached hydrogen (secondary N) is 2. The fourth-order valence-electron chi connectivity index (χ4n) is 1.86. The van der Waals surface area contributed by atoms with Gasteiger partial charge in [0.2, 0.25) is 23.4 Å².